The van der Waals surface area contributed by atoms with Crippen molar-refractivity contribution < 1.29 is 19.2 Å². The normalized spacial score (nSPS) is 10.2. The third-order valence-corrected chi connectivity index (χ3v) is 4.24. The molecule has 0 atom stereocenters. The Balaban J connectivity index is 1.55. The Kier molecular flexibility index (Phi) is 6.21. The number of halogens is 1. The highest BCUT2D eigenvalue weighted by molar-refractivity contribution is 6.30. The fourth-order valence-corrected chi connectivity index (χ4v) is 2.57. The lowest BCUT2D eigenvalue weighted by Crippen LogP contribution is -2.12. The number of anilines is 1. The Hall–Kier alpha value is -3.71. The molecule has 3 aromatic carbocycles. The van der Waals surface area contributed by atoms with Crippen LogP contribution in [-0.2, 0) is 0 Å². The van der Waals surface area contributed by atoms with Gasteiger partial charge in [0, 0.05) is 34.0 Å². The first kappa shape index (κ1) is 20.0. The summed E-state index contributed by atoms with van der Waals surface area (Å²) in [5.41, 5.74) is 1.23. The van der Waals surface area contributed by atoms with Gasteiger partial charge in [0.15, 0.2) is 12.4 Å². The molecular weight excluding hydrogens is 396 g/mol. The van der Waals surface area contributed by atoms with Gasteiger partial charge in [0.2, 0.25) is 0 Å². The minimum absolute atomic E-state index is 0.0869. The Labute approximate surface area is 171 Å². The molecular formula is C21H15ClN2O5. The van der Waals surface area contributed by atoms with E-state index in [4.69, 9.17) is 16.3 Å². The van der Waals surface area contributed by atoms with E-state index < -0.39 is 10.8 Å². The average molecular weight is 411 g/mol. The Bertz CT molecular complexity index is 1030. The molecule has 0 saturated heterocycles. The van der Waals surface area contributed by atoms with E-state index in [1.807, 2.05) is 0 Å². The molecule has 0 aliphatic rings. The van der Waals surface area contributed by atoms with Gasteiger partial charge in [-0.15, -0.1) is 0 Å². The standard InChI is InChI=1S/C21H15ClN2O5/c22-16-5-1-14(2-6-16)20(25)13-29-19-11-7-17(8-12-19)23-21(26)15-3-9-18(10-4-15)24(27)28/h1-12H,13H2,(H,23,26). The molecule has 7 nitrogen and oxygen atoms in total. The molecule has 1 N–H and O–H groups in total. The van der Waals surface area contributed by atoms with Gasteiger partial charge >= 0.3 is 0 Å². The van der Waals surface area contributed by atoms with Crippen LogP contribution in [0.1, 0.15) is 20.7 Å². The van der Waals surface area contributed by atoms with E-state index in [0.29, 0.717) is 27.6 Å². The first-order valence-electron chi connectivity index (χ1n) is 8.50. The van der Waals surface area contributed by atoms with Crippen molar-refractivity contribution in [2.24, 2.45) is 0 Å². The Morgan fingerprint density at radius 3 is 2.07 bits per heavy atom. The number of hydrogen-bond acceptors (Lipinski definition) is 5. The number of nitro groups is 1. The molecule has 3 aromatic rings. The van der Waals surface area contributed by atoms with Crippen LogP contribution in [0.3, 0.4) is 0 Å². The van der Waals surface area contributed by atoms with Crippen LogP contribution in [0.15, 0.2) is 72.8 Å². The summed E-state index contributed by atoms with van der Waals surface area (Å²) in [5.74, 6) is -0.107. The number of ether oxygens (including phenoxy) is 1. The van der Waals surface area contributed by atoms with Crippen LogP contribution in [0.25, 0.3) is 0 Å². The highest BCUT2D eigenvalue weighted by atomic mass is 35.5. The van der Waals surface area contributed by atoms with Crippen LogP contribution in [-0.4, -0.2) is 23.2 Å². The summed E-state index contributed by atoms with van der Waals surface area (Å²) in [6, 6.07) is 18.3. The molecule has 0 aliphatic heterocycles. The molecule has 0 aliphatic carbocycles. The highest BCUT2D eigenvalue weighted by Gasteiger charge is 2.10. The van der Waals surface area contributed by atoms with Crippen LogP contribution in [0.5, 0.6) is 5.75 Å². The van der Waals surface area contributed by atoms with Crippen molar-refractivity contribution in [2.45, 2.75) is 0 Å². The van der Waals surface area contributed by atoms with E-state index in [2.05, 4.69) is 5.32 Å². The van der Waals surface area contributed by atoms with Crippen molar-refractivity contribution in [3.63, 3.8) is 0 Å². The number of benzene rings is 3. The molecule has 0 radical (unpaired) electrons. The van der Waals surface area contributed by atoms with E-state index in [1.165, 1.54) is 24.3 Å². The average Bonchev–Trinajstić information content (AvgIpc) is 2.73. The van der Waals surface area contributed by atoms with Crippen LogP contribution in [0, 0.1) is 10.1 Å². The number of hydrogen-bond donors (Lipinski definition) is 1. The number of Topliss-reactive ketones (excluding diaryl/α,β-unsaturated/α-hetero) is 1. The molecule has 8 heteroatoms. The van der Waals surface area contributed by atoms with Crippen LogP contribution < -0.4 is 10.1 Å². The van der Waals surface area contributed by atoms with Gasteiger partial charge in [0.05, 0.1) is 4.92 Å². The first-order valence-corrected chi connectivity index (χ1v) is 8.87. The molecule has 0 spiro atoms. The SMILES string of the molecule is O=C(COc1ccc(NC(=O)c2ccc([N+](=O)[O-])cc2)cc1)c1ccc(Cl)cc1. The Morgan fingerprint density at radius 1 is 0.897 bits per heavy atom. The van der Waals surface area contributed by atoms with Crippen molar-refractivity contribution in [3.8, 4) is 5.75 Å². The second-order valence-corrected chi connectivity index (χ2v) is 6.44. The fraction of sp³-hybridized carbons (Fsp3) is 0.0476. The van der Waals surface area contributed by atoms with Crippen LogP contribution in [0.4, 0.5) is 11.4 Å². The van der Waals surface area contributed by atoms with Crippen LogP contribution in [0.2, 0.25) is 5.02 Å². The first-order chi connectivity index (χ1) is 13.9. The molecule has 0 bridgehead atoms. The molecule has 29 heavy (non-hydrogen) atoms. The largest absolute Gasteiger partial charge is 0.485 e. The number of rotatable bonds is 7. The zero-order valence-corrected chi connectivity index (χ0v) is 15.8. The zero-order valence-electron chi connectivity index (χ0n) is 15.0. The maximum atomic E-state index is 12.2. The smallest absolute Gasteiger partial charge is 0.269 e. The molecule has 0 heterocycles. The molecule has 3 rings (SSSR count). The number of carbonyl (C=O) groups excluding carboxylic acids is 2. The van der Waals surface area contributed by atoms with E-state index in [1.54, 1.807) is 48.5 Å². The number of nitro benzene ring substituents is 1. The number of nitrogens with one attached hydrogen (secondary N) is 1. The van der Waals surface area contributed by atoms with E-state index in [9.17, 15) is 19.7 Å². The van der Waals surface area contributed by atoms with Gasteiger partial charge in [0.25, 0.3) is 11.6 Å². The Morgan fingerprint density at radius 2 is 1.48 bits per heavy atom. The van der Waals surface area contributed by atoms with E-state index >= 15 is 0 Å². The molecule has 0 saturated carbocycles. The van der Waals surface area contributed by atoms with Gasteiger partial charge in [-0.05, 0) is 60.7 Å². The maximum Gasteiger partial charge on any atom is 0.269 e. The quantitative estimate of drug-likeness (QED) is 0.344. The molecule has 0 aromatic heterocycles. The number of carbonyl (C=O) groups is 2. The van der Waals surface area contributed by atoms with Gasteiger partial charge in [-0.3, -0.25) is 19.7 Å². The summed E-state index contributed by atoms with van der Waals surface area (Å²) < 4.78 is 5.47. The molecule has 0 unspecified atom stereocenters. The van der Waals surface area contributed by atoms with E-state index in [-0.39, 0.29) is 18.1 Å². The minimum atomic E-state index is -0.530. The van der Waals surface area contributed by atoms with Crippen molar-refractivity contribution >= 4 is 34.7 Å². The predicted molar refractivity (Wildman–Crippen MR) is 109 cm³/mol. The van der Waals surface area contributed by atoms with E-state index in [0.717, 1.165) is 0 Å². The predicted octanol–water partition coefficient (Wildman–Crippen LogP) is 4.76. The summed E-state index contributed by atoms with van der Waals surface area (Å²) in [4.78, 5) is 34.4. The lowest BCUT2D eigenvalue weighted by molar-refractivity contribution is -0.384. The maximum absolute atomic E-state index is 12.2. The second kappa shape index (κ2) is 8.99. The third-order valence-electron chi connectivity index (χ3n) is 3.99. The lowest BCUT2D eigenvalue weighted by Gasteiger charge is -2.08. The van der Waals surface area contributed by atoms with Crippen molar-refractivity contribution in [1.29, 1.82) is 0 Å². The van der Waals surface area contributed by atoms with Gasteiger partial charge in [-0.1, -0.05) is 11.6 Å². The minimum Gasteiger partial charge on any atom is -0.485 e. The summed E-state index contributed by atoms with van der Waals surface area (Å²) in [6.45, 7) is -0.129. The lowest BCUT2D eigenvalue weighted by atomic mass is 10.1. The van der Waals surface area contributed by atoms with Gasteiger partial charge in [0.1, 0.15) is 5.75 Å². The van der Waals surface area contributed by atoms with Gasteiger partial charge < -0.3 is 10.1 Å². The molecule has 0 fully saturated rings. The number of amides is 1. The summed E-state index contributed by atoms with van der Waals surface area (Å²) in [6.07, 6.45) is 0. The number of nitrogens with zero attached hydrogens (tertiary/aromatic N) is 1. The zero-order chi connectivity index (χ0) is 20.8. The number of ketones is 1. The molecule has 146 valence electrons. The fourth-order valence-electron chi connectivity index (χ4n) is 2.44. The third kappa shape index (κ3) is 5.40. The summed E-state index contributed by atoms with van der Waals surface area (Å²) in [5, 5.41) is 13.9. The van der Waals surface area contributed by atoms with Gasteiger partial charge in [-0.2, -0.15) is 0 Å². The van der Waals surface area contributed by atoms with Crippen molar-refractivity contribution in [3.05, 3.63) is 99.1 Å². The summed E-state index contributed by atoms with van der Waals surface area (Å²) >= 11 is 5.80. The monoisotopic (exact) mass is 410 g/mol. The summed E-state index contributed by atoms with van der Waals surface area (Å²) in [7, 11) is 0. The van der Waals surface area contributed by atoms with Crippen LogP contribution >= 0.6 is 11.6 Å². The number of non-ortho nitro benzene ring substituents is 1. The van der Waals surface area contributed by atoms with Crippen molar-refractivity contribution in [2.75, 3.05) is 11.9 Å². The topological polar surface area (TPSA) is 98.5 Å². The van der Waals surface area contributed by atoms with Gasteiger partial charge in [-0.25, -0.2) is 0 Å². The second-order valence-electron chi connectivity index (χ2n) is 6.00. The van der Waals surface area contributed by atoms with Crippen molar-refractivity contribution in [1.82, 2.24) is 0 Å². The molecule has 1 amide bonds. The highest BCUT2D eigenvalue weighted by Crippen LogP contribution is 2.18.